The number of hydrogen-bond donors (Lipinski definition) is 0. The van der Waals surface area contributed by atoms with E-state index in [4.69, 9.17) is 0 Å². The molecule has 166 valence electrons. The molecule has 0 N–H and O–H groups in total. The summed E-state index contributed by atoms with van der Waals surface area (Å²) in [5, 5.41) is 0.647. The quantitative estimate of drug-likeness (QED) is 0.658. The second-order valence-electron chi connectivity index (χ2n) is 7.57. The van der Waals surface area contributed by atoms with Gasteiger partial charge in [0.2, 0.25) is 10.0 Å². The van der Waals surface area contributed by atoms with Crippen LogP contribution in [-0.2, 0) is 19.9 Å². The summed E-state index contributed by atoms with van der Waals surface area (Å²) in [4.78, 5) is 14.5. The van der Waals surface area contributed by atoms with Gasteiger partial charge in [-0.15, -0.1) is 0 Å². The molecule has 2 aromatic rings. The van der Waals surface area contributed by atoms with E-state index in [1.165, 1.54) is 34.0 Å². The third kappa shape index (κ3) is 5.41. The molecule has 0 radical (unpaired) electrons. The standard InChI is InChI=1S/C22H26N2O5S2/c1-18(2)31(28,29)21-10-8-20(9-11-21)22(25)23-13-15-24(16-14-23)30(26,27)17-12-19-6-4-3-5-7-19/h3-12,17-18H,13-16H2,1-2H3/b17-12+. The monoisotopic (exact) mass is 462 g/mol. The summed E-state index contributed by atoms with van der Waals surface area (Å²) >= 11 is 0. The van der Waals surface area contributed by atoms with E-state index < -0.39 is 25.1 Å². The van der Waals surface area contributed by atoms with Crippen molar-refractivity contribution in [3.05, 3.63) is 71.1 Å². The smallest absolute Gasteiger partial charge is 0.253 e. The molecule has 3 rings (SSSR count). The molecule has 0 atom stereocenters. The minimum atomic E-state index is -3.58. The molecule has 0 bridgehead atoms. The number of piperazine rings is 1. The first-order chi connectivity index (χ1) is 14.6. The van der Waals surface area contributed by atoms with Crippen molar-refractivity contribution >= 4 is 31.8 Å². The summed E-state index contributed by atoms with van der Waals surface area (Å²) in [6.07, 6.45) is 1.56. The molecule has 0 spiro atoms. The predicted octanol–water partition coefficient (Wildman–Crippen LogP) is 2.63. The van der Waals surface area contributed by atoms with E-state index in [2.05, 4.69) is 0 Å². The average Bonchev–Trinajstić information content (AvgIpc) is 2.78. The summed E-state index contributed by atoms with van der Waals surface area (Å²) in [7, 11) is -6.98. The van der Waals surface area contributed by atoms with Crippen molar-refractivity contribution < 1.29 is 21.6 Å². The highest BCUT2D eigenvalue weighted by Crippen LogP contribution is 2.18. The van der Waals surface area contributed by atoms with Crippen LogP contribution in [0, 0.1) is 0 Å². The Morgan fingerprint density at radius 1 is 0.871 bits per heavy atom. The first-order valence-corrected chi connectivity index (χ1v) is 13.0. The number of carbonyl (C=O) groups is 1. The van der Waals surface area contributed by atoms with Crippen LogP contribution in [0.4, 0.5) is 0 Å². The van der Waals surface area contributed by atoms with Gasteiger partial charge in [0, 0.05) is 37.2 Å². The number of benzene rings is 2. The highest BCUT2D eigenvalue weighted by Gasteiger charge is 2.28. The molecule has 9 heteroatoms. The Labute approximate surface area is 184 Å². The molecule has 1 fully saturated rings. The van der Waals surface area contributed by atoms with Crippen molar-refractivity contribution in [1.29, 1.82) is 0 Å². The summed E-state index contributed by atoms with van der Waals surface area (Å²) < 4.78 is 50.9. The lowest BCUT2D eigenvalue weighted by Crippen LogP contribution is -2.50. The van der Waals surface area contributed by atoms with Crippen LogP contribution in [-0.4, -0.2) is 63.4 Å². The van der Waals surface area contributed by atoms with Crippen molar-refractivity contribution in [2.75, 3.05) is 26.2 Å². The second-order valence-corrected chi connectivity index (χ2v) is 11.9. The third-order valence-electron chi connectivity index (χ3n) is 5.17. The molecule has 7 nitrogen and oxygen atoms in total. The van der Waals surface area contributed by atoms with Crippen molar-refractivity contribution in [1.82, 2.24) is 9.21 Å². The van der Waals surface area contributed by atoms with Gasteiger partial charge in [0.05, 0.1) is 10.1 Å². The van der Waals surface area contributed by atoms with Gasteiger partial charge in [0.15, 0.2) is 9.84 Å². The topological polar surface area (TPSA) is 91.8 Å². The number of sulfonamides is 1. The van der Waals surface area contributed by atoms with Gasteiger partial charge in [-0.05, 0) is 49.8 Å². The molecule has 0 aliphatic carbocycles. The fraction of sp³-hybridized carbons (Fsp3) is 0.318. The van der Waals surface area contributed by atoms with Gasteiger partial charge in [-0.2, -0.15) is 4.31 Å². The Bertz CT molecular complexity index is 1150. The van der Waals surface area contributed by atoms with Gasteiger partial charge in [-0.3, -0.25) is 4.79 Å². The fourth-order valence-corrected chi connectivity index (χ4v) is 5.44. The maximum atomic E-state index is 12.8. The zero-order valence-electron chi connectivity index (χ0n) is 17.5. The number of hydrogen-bond acceptors (Lipinski definition) is 5. The molecule has 1 heterocycles. The Morgan fingerprint density at radius 3 is 2.00 bits per heavy atom. The van der Waals surface area contributed by atoms with Crippen LogP contribution in [0.1, 0.15) is 29.8 Å². The normalized spacial score (nSPS) is 16.2. The van der Waals surface area contributed by atoms with Crippen LogP contribution in [0.3, 0.4) is 0 Å². The lowest BCUT2D eigenvalue weighted by Gasteiger charge is -2.33. The molecule has 0 unspecified atom stereocenters. The van der Waals surface area contributed by atoms with Gasteiger partial charge in [-0.25, -0.2) is 16.8 Å². The largest absolute Gasteiger partial charge is 0.336 e. The Hall–Kier alpha value is -2.49. The van der Waals surface area contributed by atoms with Crippen molar-refractivity contribution in [3.63, 3.8) is 0 Å². The van der Waals surface area contributed by atoms with Crippen LogP contribution in [0.25, 0.3) is 6.08 Å². The lowest BCUT2D eigenvalue weighted by molar-refractivity contribution is 0.0698. The Balaban J connectivity index is 1.62. The van der Waals surface area contributed by atoms with Crippen molar-refractivity contribution in [2.45, 2.75) is 24.0 Å². The molecule has 2 aromatic carbocycles. The summed E-state index contributed by atoms with van der Waals surface area (Å²) in [5.74, 6) is -0.245. The third-order valence-corrected chi connectivity index (χ3v) is 8.90. The molecule has 31 heavy (non-hydrogen) atoms. The van der Waals surface area contributed by atoms with Crippen LogP contribution >= 0.6 is 0 Å². The van der Waals surface area contributed by atoms with Crippen molar-refractivity contribution in [3.8, 4) is 0 Å². The lowest BCUT2D eigenvalue weighted by atomic mass is 10.2. The van der Waals surface area contributed by atoms with Gasteiger partial charge >= 0.3 is 0 Å². The van der Waals surface area contributed by atoms with Gasteiger partial charge in [0.1, 0.15) is 0 Å². The van der Waals surface area contributed by atoms with E-state index in [0.717, 1.165) is 5.56 Å². The number of sulfone groups is 1. The molecular formula is C22H26N2O5S2. The number of carbonyl (C=O) groups excluding carboxylic acids is 1. The van der Waals surface area contributed by atoms with E-state index in [1.54, 1.807) is 24.8 Å². The highest BCUT2D eigenvalue weighted by molar-refractivity contribution is 7.92. The summed E-state index contributed by atoms with van der Waals surface area (Å²) in [6, 6.07) is 15.1. The molecular weight excluding hydrogens is 436 g/mol. The first kappa shape index (κ1) is 23.2. The van der Waals surface area contributed by atoms with Crippen LogP contribution in [0.2, 0.25) is 0 Å². The molecule has 1 aliphatic heterocycles. The van der Waals surface area contributed by atoms with E-state index in [0.29, 0.717) is 5.56 Å². The van der Waals surface area contributed by atoms with Crippen LogP contribution in [0.5, 0.6) is 0 Å². The summed E-state index contributed by atoms with van der Waals surface area (Å²) in [6.45, 7) is 4.15. The minimum Gasteiger partial charge on any atom is -0.336 e. The second kappa shape index (κ2) is 9.33. The number of nitrogens with zero attached hydrogens (tertiary/aromatic N) is 2. The average molecular weight is 463 g/mol. The summed E-state index contributed by atoms with van der Waals surface area (Å²) in [5.41, 5.74) is 1.17. The molecule has 0 saturated carbocycles. The van der Waals surface area contributed by atoms with Gasteiger partial charge in [-0.1, -0.05) is 30.3 Å². The number of amides is 1. The van der Waals surface area contributed by atoms with Gasteiger partial charge < -0.3 is 4.90 Å². The SMILES string of the molecule is CC(C)S(=O)(=O)c1ccc(C(=O)N2CCN(S(=O)(=O)/C=C/c3ccccc3)CC2)cc1. The number of rotatable bonds is 6. The maximum absolute atomic E-state index is 12.8. The highest BCUT2D eigenvalue weighted by atomic mass is 32.2. The Morgan fingerprint density at radius 2 is 1.45 bits per heavy atom. The Kier molecular flexibility index (Phi) is 6.98. The first-order valence-electron chi connectivity index (χ1n) is 9.98. The zero-order valence-corrected chi connectivity index (χ0v) is 19.1. The zero-order chi connectivity index (χ0) is 22.6. The molecule has 1 saturated heterocycles. The predicted molar refractivity (Wildman–Crippen MR) is 121 cm³/mol. The van der Waals surface area contributed by atoms with E-state index in [1.807, 2.05) is 30.3 Å². The van der Waals surface area contributed by atoms with E-state index in [-0.39, 0.29) is 37.0 Å². The van der Waals surface area contributed by atoms with E-state index in [9.17, 15) is 21.6 Å². The van der Waals surface area contributed by atoms with Crippen LogP contribution in [0.15, 0.2) is 64.9 Å². The maximum Gasteiger partial charge on any atom is 0.253 e. The minimum absolute atomic E-state index is 0.181. The molecule has 0 aromatic heterocycles. The molecule has 1 aliphatic rings. The van der Waals surface area contributed by atoms with Crippen molar-refractivity contribution in [2.24, 2.45) is 0 Å². The molecule has 1 amide bonds. The van der Waals surface area contributed by atoms with Gasteiger partial charge in [0.25, 0.3) is 5.91 Å². The fourth-order valence-electron chi connectivity index (χ4n) is 3.20. The van der Waals surface area contributed by atoms with Crippen LogP contribution < -0.4 is 0 Å². The van der Waals surface area contributed by atoms with E-state index >= 15 is 0 Å².